The van der Waals surface area contributed by atoms with Gasteiger partial charge in [0.25, 0.3) is 0 Å². The molecule has 88 valence electrons. The number of ether oxygens (including phenoxy) is 2. The summed E-state index contributed by atoms with van der Waals surface area (Å²) in [7, 11) is 2.97. The summed E-state index contributed by atoms with van der Waals surface area (Å²) in [6.45, 7) is 0. The van der Waals surface area contributed by atoms with Crippen molar-refractivity contribution in [3.8, 4) is 5.75 Å². The molecule has 17 heavy (non-hydrogen) atoms. The Morgan fingerprint density at radius 1 is 1.06 bits per heavy atom. The first-order valence-corrected chi connectivity index (χ1v) is 5.15. The van der Waals surface area contributed by atoms with Gasteiger partial charge in [0.05, 0.1) is 14.2 Å². The molecular formula is C13H13NO3. The Balaban J connectivity index is 2.34. The number of rotatable bonds is 2. The summed E-state index contributed by atoms with van der Waals surface area (Å²) in [6, 6.07) is 11.4. The number of carbonyl (C=O) groups is 1. The number of methoxy groups -OCH3 is 2. The number of benzene rings is 2. The molecule has 2 aromatic rings. The molecule has 0 atom stereocenters. The van der Waals surface area contributed by atoms with Gasteiger partial charge in [-0.3, -0.25) is 5.32 Å². The van der Waals surface area contributed by atoms with Gasteiger partial charge in [-0.2, -0.15) is 0 Å². The second kappa shape index (κ2) is 4.74. The van der Waals surface area contributed by atoms with E-state index in [1.165, 1.54) is 7.11 Å². The van der Waals surface area contributed by atoms with Crippen LogP contribution in [0.3, 0.4) is 0 Å². The molecule has 0 aliphatic rings. The van der Waals surface area contributed by atoms with Gasteiger partial charge in [-0.15, -0.1) is 0 Å². The largest absolute Gasteiger partial charge is 0.497 e. The van der Waals surface area contributed by atoms with Crippen molar-refractivity contribution >= 4 is 22.6 Å². The molecule has 2 rings (SSSR count). The van der Waals surface area contributed by atoms with Gasteiger partial charge in [-0.1, -0.05) is 12.1 Å². The Kier molecular flexibility index (Phi) is 3.14. The van der Waals surface area contributed by atoms with E-state index in [1.54, 1.807) is 7.11 Å². The molecule has 0 radical (unpaired) electrons. The molecule has 1 N–H and O–H groups in total. The van der Waals surface area contributed by atoms with E-state index in [-0.39, 0.29) is 0 Å². The summed E-state index contributed by atoms with van der Waals surface area (Å²) in [6.07, 6.45) is -0.474. The number of fused-ring (bicyclic) bond motifs is 1. The van der Waals surface area contributed by atoms with Crippen LogP contribution in [-0.4, -0.2) is 20.3 Å². The number of carbonyl (C=O) groups excluding carboxylic acids is 1. The van der Waals surface area contributed by atoms with Crippen molar-refractivity contribution in [3.05, 3.63) is 36.4 Å². The van der Waals surface area contributed by atoms with E-state index in [9.17, 15) is 4.79 Å². The monoisotopic (exact) mass is 231 g/mol. The highest BCUT2D eigenvalue weighted by atomic mass is 16.5. The fraction of sp³-hybridized carbons (Fsp3) is 0.154. The number of hydrogen-bond donors (Lipinski definition) is 1. The van der Waals surface area contributed by atoms with Gasteiger partial charge in [0.2, 0.25) is 0 Å². The average Bonchev–Trinajstić information content (AvgIpc) is 2.38. The maximum Gasteiger partial charge on any atom is 0.411 e. The Labute approximate surface area is 99.1 Å². The van der Waals surface area contributed by atoms with Crippen LogP contribution < -0.4 is 10.1 Å². The summed E-state index contributed by atoms with van der Waals surface area (Å²) in [5.74, 6) is 0.811. The third-order valence-electron chi connectivity index (χ3n) is 2.48. The first-order chi connectivity index (χ1) is 8.22. The average molecular weight is 231 g/mol. The van der Waals surface area contributed by atoms with E-state index in [1.807, 2.05) is 36.4 Å². The molecule has 0 aliphatic heterocycles. The van der Waals surface area contributed by atoms with Crippen molar-refractivity contribution in [2.75, 3.05) is 19.5 Å². The number of anilines is 1. The fourth-order valence-corrected chi connectivity index (χ4v) is 1.60. The Hall–Kier alpha value is -2.23. The van der Waals surface area contributed by atoms with E-state index < -0.39 is 6.09 Å². The lowest BCUT2D eigenvalue weighted by Gasteiger charge is -2.06. The minimum Gasteiger partial charge on any atom is -0.497 e. The van der Waals surface area contributed by atoms with Crippen molar-refractivity contribution in [2.45, 2.75) is 0 Å². The molecule has 0 fully saturated rings. The molecule has 2 aromatic carbocycles. The fourth-order valence-electron chi connectivity index (χ4n) is 1.60. The topological polar surface area (TPSA) is 47.6 Å². The molecule has 0 heterocycles. The van der Waals surface area contributed by atoms with Crippen LogP contribution in [0.4, 0.5) is 10.5 Å². The first-order valence-electron chi connectivity index (χ1n) is 5.15. The summed E-state index contributed by atoms with van der Waals surface area (Å²) in [4.78, 5) is 11.1. The van der Waals surface area contributed by atoms with E-state index in [4.69, 9.17) is 4.74 Å². The second-order valence-corrected chi connectivity index (χ2v) is 3.54. The molecule has 4 heteroatoms. The van der Waals surface area contributed by atoms with Gasteiger partial charge in [-0.25, -0.2) is 4.79 Å². The van der Waals surface area contributed by atoms with Crippen LogP contribution in [-0.2, 0) is 4.74 Å². The van der Waals surface area contributed by atoms with Crippen LogP contribution >= 0.6 is 0 Å². The van der Waals surface area contributed by atoms with Crippen LogP contribution in [0.1, 0.15) is 0 Å². The summed E-state index contributed by atoms with van der Waals surface area (Å²) in [5.41, 5.74) is 0.703. The van der Waals surface area contributed by atoms with Gasteiger partial charge < -0.3 is 9.47 Å². The summed E-state index contributed by atoms with van der Waals surface area (Å²) < 4.78 is 9.68. The number of hydrogen-bond acceptors (Lipinski definition) is 3. The zero-order valence-corrected chi connectivity index (χ0v) is 9.69. The van der Waals surface area contributed by atoms with Crippen LogP contribution in [0.25, 0.3) is 10.8 Å². The predicted octanol–water partition coefficient (Wildman–Crippen LogP) is 3.03. The van der Waals surface area contributed by atoms with Gasteiger partial charge in [0.1, 0.15) is 5.75 Å². The minimum atomic E-state index is -0.474. The maximum atomic E-state index is 11.1. The van der Waals surface area contributed by atoms with E-state index in [0.717, 1.165) is 16.5 Å². The molecule has 0 saturated heterocycles. The Morgan fingerprint density at radius 3 is 2.47 bits per heavy atom. The molecule has 4 nitrogen and oxygen atoms in total. The van der Waals surface area contributed by atoms with Crippen molar-refractivity contribution in [2.24, 2.45) is 0 Å². The lowest BCUT2D eigenvalue weighted by atomic mass is 10.1. The quantitative estimate of drug-likeness (QED) is 0.864. The molecule has 0 spiro atoms. The third-order valence-corrected chi connectivity index (χ3v) is 2.48. The molecular weight excluding hydrogens is 218 g/mol. The molecule has 0 aromatic heterocycles. The SMILES string of the molecule is COC(=O)Nc1ccc2cc(OC)ccc2c1. The van der Waals surface area contributed by atoms with Crippen molar-refractivity contribution < 1.29 is 14.3 Å². The summed E-state index contributed by atoms with van der Waals surface area (Å²) in [5, 5.41) is 4.70. The highest BCUT2D eigenvalue weighted by Crippen LogP contribution is 2.23. The van der Waals surface area contributed by atoms with Gasteiger partial charge in [0.15, 0.2) is 0 Å². The second-order valence-electron chi connectivity index (χ2n) is 3.54. The van der Waals surface area contributed by atoms with Crippen LogP contribution in [0, 0.1) is 0 Å². The molecule has 0 saturated carbocycles. The first kappa shape index (κ1) is 11.3. The number of amides is 1. The van der Waals surface area contributed by atoms with E-state index in [2.05, 4.69) is 10.1 Å². The van der Waals surface area contributed by atoms with E-state index in [0.29, 0.717) is 5.69 Å². The summed E-state index contributed by atoms with van der Waals surface area (Å²) >= 11 is 0. The lowest BCUT2D eigenvalue weighted by Crippen LogP contribution is -2.10. The van der Waals surface area contributed by atoms with Gasteiger partial charge in [0, 0.05) is 5.69 Å². The molecule has 0 bridgehead atoms. The Bertz CT molecular complexity index is 551. The van der Waals surface area contributed by atoms with Crippen LogP contribution in [0.5, 0.6) is 5.75 Å². The molecule has 1 amide bonds. The maximum absolute atomic E-state index is 11.1. The zero-order chi connectivity index (χ0) is 12.3. The highest BCUT2D eigenvalue weighted by Gasteiger charge is 2.02. The lowest BCUT2D eigenvalue weighted by molar-refractivity contribution is 0.187. The number of nitrogens with one attached hydrogen (secondary N) is 1. The van der Waals surface area contributed by atoms with Crippen LogP contribution in [0.2, 0.25) is 0 Å². The van der Waals surface area contributed by atoms with Gasteiger partial charge in [-0.05, 0) is 35.0 Å². The van der Waals surface area contributed by atoms with Crippen molar-refractivity contribution in [1.82, 2.24) is 0 Å². The smallest absolute Gasteiger partial charge is 0.411 e. The predicted molar refractivity (Wildman–Crippen MR) is 66.5 cm³/mol. The van der Waals surface area contributed by atoms with E-state index >= 15 is 0 Å². The molecule has 0 aliphatic carbocycles. The third kappa shape index (κ3) is 2.47. The van der Waals surface area contributed by atoms with Crippen LogP contribution in [0.15, 0.2) is 36.4 Å². The van der Waals surface area contributed by atoms with Crippen molar-refractivity contribution in [3.63, 3.8) is 0 Å². The van der Waals surface area contributed by atoms with Crippen molar-refractivity contribution in [1.29, 1.82) is 0 Å². The standard InChI is InChI=1S/C13H13NO3/c1-16-12-6-4-9-7-11(14-13(15)17-2)5-3-10(9)8-12/h3-8H,1-2H3,(H,14,15). The molecule has 0 unspecified atom stereocenters. The Morgan fingerprint density at radius 2 is 1.76 bits per heavy atom. The van der Waals surface area contributed by atoms with Gasteiger partial charge >= 0.3 is 6.09 Å². The normalized spacial score (nSPS) is 10.0. The zero-order valence-electron chi connectivity index (χ0n) is 9.69. The minimum absolute atomic E-state index is 0.474. The highest BCUT2D eigenvalue weighted by molar-refractivity contribution is 5.91.